The summed E-state index contributed by atoms with van der Waals surface area (Å²) < 4.78 is 1.68. The van der Waals surface area contributed by atoms with Gasteiger partial charge in [-0.2, -0.15) is 5.10 Å². The van der Waals surface area contributed by atoms with Crippen molar-refractivity contribution in [2.75, 3.05) is 23.3 Å². The first kappa shape index (κ1) is 15.4. The van der Waals surface area contributed by atoms with Crippen molar-refractivity contribution in [2.24, 2.45) is 0 Å². The summed E-state index contributed by atoms with van der Waals surface area (Å²) in [5, 5.41) is 7.13. The molecule has 1 fully saturated rings. The highest BCUT2D eigenvalue weighted by Gasteiger charge is 2.15. The van der Waals surface area contributed by atoms with Crippen LogP contribution in [0.1, 0.15) is 23.2 Å². The third-order valence-corrected chi connectivity index (χ3v) is 4.34. The van der Waals surface area contributed by atoms with Crippen LogP contribution in [0.2, 0.25) is 0 Å². The van der Waals surface area contributed by atoms with Crippen molar-refractivity contribution in [1.82, 2.24) is 14.8 Å². The van der Waals surface area contributed by atoms with Gasteiger partial charge in [0.05, 0.1) is 23.1 Å². The van der Waals surface area contributed by atoms with Gasteiger partial charge in [-0.15, -0.1) is 0 Å². The lowest BCUT2D eigenvalue weighted by Crippen LogP contribution is -2.19. The minimum Gasteiger partial charge on any atom is -0.357 e. The first-order chi connectivity index (χ1) is 12.3. The maximum Gasteiger partial charge on any atom is 0.257 e. The Balaban J connectivity index is 1.53. The Labute approximate surface area is 146 Å². The summed E-state index contributed by atoms with van der Waals surface area (Å²) in [6.45, 7) is 2.10. The van der Waals surface area contributed by atoms with Crippen LogP contribution < -0.4 is 10.2 Å². The van der Waals surface area contributed by atoms with Crippen LogP contribution >= 0.6 is 0 Å². The molecule has 0 saturated carbocycles. The third-order valence-electron chi connectivity index (χ3n) is 4.34. The van der Waals surface area contributed by atoms with E-state index >= 15 is 0 Å². The minimum absolute atomic E-state index is 0.179. The van der Waals surface area contributed by atoms with Gasteiger partial charge in [0, 0.05) is 25.5 Å². The molecule has 0 unspecified atom stereocenters. The quantitative estimate of drug-likeness (QED) is 0.797. The number of carbonyl (C=O) groups is 1. The Morgan fingerprint density at radius 3 is 2.60 bits per heavy atom. The van der Waals surface area contributed by atoms with Gasteiger partial charge in [-0.25, -0.2) is 9.67 Å². The van der Waals surface area contributed by atoms with Gasteiger partial charge in [0.1, 0.15) is 5.82 Å². The molecular formula is C19H19N5O. The first-order valence-corrected chi connectivity index (χ1v) is 8.43. The van der Waals surface area contributed by atoms with Gasteiger partial charge in [-0.05, 0) is 43.2 Å². The van der Waals surface area contributed by atoms with Gasteiger partial charge in [-0.3, -0.25) is 4.79 Å². The van der Waals surface area contributed by atoms with E-state index in [9.17, 15) is 4.79 Å². The number of pyridine rings is 1. The van der Waals surface area contributed by atoms with E-state index in [1.165, 1.54) is 12.8 Å². The van der Waals surface area contributed by atoms with Crippen LogP contribution in [0.5, 0.6) is 0 Å². The van der Waals surface area contributed by atoms with Crippen molar-refractivity contribution in [2.45, 2.75) is 12.8 Å². The van der Waals surface area contributed by atoms with E-state index in [1.54, 1.807) is 23.1 Å². The van der Waals surface area contributed by atoms with Crippen LogP contribution in [-0.4, -0.2) is 33.8 Å². The highest BCUT2D eigenvalue weighted by atomic mass is 16.1. The summed E-state index contributed by atoms with van der Waals surface area (Å²) in [5.41, 5.74) is 1.99. The molecule has 0 atom stereocenters. The zero-order valence-corrected chi connectivity index (χ0v) is 13.8. The van der Waals surface area contributed by atoms with Crippen molar-refractivity contribution >= 4 is 17.4 Å². The molecule has 0 spiro atoms. The predicted molar refractivity (Wildman–Crippen MR) is 97.2 cm³/mol. The molecule has 1 aliphatic rings. The fourth-order valence-electron chi connectivity index (χ4n) is 3.07. The van der Waals surface area contributed by atoms with E-state index in [-0.39, 0.29) is 5.91 Å². The van der Waals surface area contributed by atoms with Gasteiger partial charge in [0.15, 0.2) is 0 Å². The number of nitrogens with one attached hydrogen (secondary N) is 1. The predicted octanol–water partition coefficient (Wildman–Crippen LogP) is 3.12. The number of benzene rings is 1. The second kappa shape index (κ2) is 6.76. The van der Waals surface area contributed by atoms with Crippen LogP contribution in [0.4, 0.5) is 11.5 Å². The molecule has 0 radical (unpaired) electrons. The molecule has 1 N–H and O–H groups in total. The number of hydrogen-bond donors (Lipinski definition) is 1. The zero-order chi connectivity index (χ0) is 17.1. The Morgan fingerprint density at radius 2 is 1.88 bits per heavy atom. The number of para-hydroxylation sites is 1. The van der Waals surface area contributed by atoms with E-state index < -0.39 is 0 Å². The van der Waals surface area contributed by atoms with Crippen molar-refractivity contribution in [3.63, 3.8) is 0 Å². The average molecular weight is 333 g/mol. The summed E-state index contributed by atoms with van der Waals surface area (Å²) in [6.07, 6.45) is 7.64. The highest BCUT2D eigenvalue weighted by molar-refractivity contribution is 6.06. The summed E-state index contributed by atoms with van der Waals surface area (Å²) >= 11 is 0. The topological polar surface area (TPSA) is 63.1 Å². The molecule has 25 heavy (non-hydrogen) atoms. The number of aromatic nitrogens is 3. The molecule has 0 aliphatic carbocycles. The first-order valence-electron chi connectivity index (χ1n) is 8.43. The van der Waals surface area contributed by atoms with E-state index in [0.29, 0.717) is 11.3 Å². The van der Waals surface area contributed by atoms with Crippen LogP contribution in [-0.2, 0) is 0 Å². The number of hydrogen-bond acceptors (Lipinski definition) is 4. The number of carbonyl (C=O) groups excluding carboxylic acids is 1. The van der Waals surface area contributed by atoms with Crippen molar-refractivity contribution in [3.05, 3.63) is 66.6 Å². The maximum atomic E-state index is 12.7. The molecule has 1 aromatic carbocycles. The molecule has 4 rings (SSSR count). The molecular weight excluding hydrogens is 314 g/mol. The molecule has 1 saturated heterocycles. The SMILES string of the molecule is O=C(Nc1ccc(N2CCCC2)nc1)c1ccccc1-n1cccn1. The monoisotopic (exact) mass is 333 g/mol. The standard InChI is InChI=1S/C19H19N5O/c25-19(16-6-1-2-7-17(16)24-13-5-10-21-24)22-15-8-9-18(20-14-15)23-11-3-4-12-23/h1-2,5-10,13-14H,3-4,11-12H2,(H,22,25). The maximum absolute atomic E-state index is 12.7. The minimum atomic E-state index is -0.179. The molecule has 0 bridgehead atoms. The third kappa shape index (κ3) is 3.24. The molecule has 3 heterocycles. The summed E-state index contributed by atoms with van der Waals surface area (Å²) in [6, 6.07) is 13.1. The van der Waals surface area contributed by atoms with Gasteiger partial charge in [0.2, 0.25) is 0 Å². The van der Waals surface area contributed by atoms with Gasteiger partial charge in [-0.1, -0.05) is 12.1 Å². The van der Waals surface area contributed by atoms with Crippen molar-refractivity contribution in [3.8, 4) is 5.69 Å². The van der Waals surface area contributed by atoms with Gasteiger partial charge in [0.25, 0.3) is 5.91 Å². The van der Waals surface area contributed by atoms with Gasteiger partial charge < -0.3 is 10.2 Å². The fourth-order valence-corrected chi connectivity index (χ4v) is 3.07. The molecule has 6 heteroatoms. The second-order valence-electron chi connectivity index (χ2n) is 6.02. The summed E-state index contributed by atoms with van der Waals surface area (Å²) in [5.74, 6) is 0.786. The second-order valence-corrected chi connectivity index (χ2v) is 6.02. The molecule has 3 aromatic rings. The van der Waals surface area contributed by atoms with E-state index in [1.807, 2.05) is 42.6 Å². The largest absolute Gasteiger partial charge is 0.357 e. The van der Waals surface area contributed by atoms with E-state index in [4.69, 9.17) is 0 Å². The van der Waals surface area contributed by atoms with Gasteiger partial charge >= 0.3 is 0 Å². The fraction of sp³-hybridized carbons (Fsp3) is 0.211. The Morgan fingerprint density at radius 1 is 1.04 bits per heavy atom. The normalized spacial score (nSPS) is 13.8. The zero-order valence-electron chi connectivity index (χ0n) is 13.8. The number of amides is 1. The van der Waals surface area contributed by atoms with Crippen LogP contribution in [0.25, 0.3) is 5.69 Å². The molecule has 1 amide bonds. The smallest absolute Gasteiger partial charge is 0.257 e. The van der Waals surface area contributed by atoms with E-state index in [2.05, 4.69) is 20.3 Å². The highest BCUT2D eigenvalue weighted by Crippen LogP contribution is 2.20. The number of rotatable bonds is 4. The number of nitrogens with zero attached hydrogens (tertiary/aromatic N) is 4. The number of anilines is 2. The Bertz CT molecular complexity index is 852. The Hall–Kier alpha value is -3.15. The Kier molecular flexibility index (Phi) is 4.16. The molecule has 126 valence electrons. The summed E-state index contributed by atoms with van der Waals surface area (Å²) in [4.78, 5) is 19.4. The van der Waals surface area contributed by atoms with Crippen LogP contribution in [0, 0.1) is 0 Å². The average Bonchev–Trinajstić information content (AvgIpc) is 3.36. The van der Waals surface area contributed by atoms with Crippen LogP contribution in [0.15, 0.2) is 61.1 Å². The lowest BCUT2D eigenvalue weighted by molar-refractivity contribution is 0.102. The molecule has 2 aromatic heterocycles. The summed E-state index contributed by atoms with van der Waals surface area (Å²) in [7, 11) is 0. The lowest BCUT2D eigenvalue weighted by atomic mass is 10.1. The molecule has 1 aliphatic heterocycles. The van der Waals surface area contributed by atoms with Crippen molar-refractivity contribution in [1.29, 1.82) is 0 Å². The lowest BCUT2D eigenvalue weighted by Gasteiger charge is -2.16. The van der Waals surface area contributed by atoms with Crippen LogP contribution in [0.3, 0.4) is 0 Å². The van der Waals surface area contributed by atoms with Crippen molar-refractivity contribution < 1.29 is 4.79 Å². The molecule has 6 nitrogen and oxygen atoms in total. The van der Waals surface area contributed by atoms with E-state index in [0.717, 1.165) is 24.6 Å².